The Hall–Kier alpha value is -2.14. The summed E-state index contributed by atoms with van der Waals surface area (Å²) in [6.07, 6.45) is 15.6. The van der Waals surface area contributed by atoms with E-state index in [1.54, 1.807) is 24.3 Å². The molecule has 5 heteroatoms. The van der Waals surface area contributed by atoms with Crippen LogP contribution in [0.25, 0.3) is 0 Å². The third-order valence-electron chi connectivity index (χ3n) is 6.20. The Bertz CT molecular complexity index is 777. The van der Waals surface area contributed by atoms with Crippen LogP contribution in [0.1, 0.15) is 84.9 Å². The molecule has 0 unspecified atom stereocenters. The highest BCUT2D eigenvalue weighted by molar-refractivity contribution is 9.09. The van der Waals surface area contributed by atoms with Crippen LogP contribution in [0.2, 0.25) is 0 Å². The lowest BCUT2D eigenvalue weighted by Crippen LogP contribution is -2.15. The quantitative estimate of drug-likeness (QED) is 0.316. The number of carbonyl (C=O) groups is 2. The van der Waals surface area contributed by atoms with E-state index in [4.69, 9.17) is 9.84 Å². The lowest BCUT2D eigenvalue weighted by Gasteiger charge is -2.21. The van der Waals surface area contributed by atoms with Gasteiger partial charge in [0.25, 0.3) is 0 Å². The van der Waals surface area contributed by atoms with E-state index in [2.05, 4.69) is 15.9 Å². The minimum Gasteiger partial charge on any atom is -0.508 e. The Balaban J connectivity index is 0.000000192. The fraction of sp³-hybridized carbons (Fsp3) is 0.500. The minimum atomic E-state index is 0.181. The van der Waals surface area contributed by atoms with Gasteiger partial charge in [-0.15, -0.1) is 0 Å². The molecule has 0 aliphatic heterocycles. The molecule has 0 atom stereocenters. The predicted octanol–water partition coefficient (Wildman–Crippen LogP) is 7.62. The molecule has 0 heterocycles. The van der Waals surface area contributed by atoms with Crippen LogP contribution >= 0.6 is 15.9 Å². The minimum absolute atomic E-state index is 0.181. The van der Waals surface area contributed by atoms with Gasteiger partial charge in [0.2, 0.25) is 0 Å². The first-order chi connectivity index (χ1) is 16.1. The van der Waals surface area contributed by atoms with Crippen molar-refractivity contribution in [3.63, 3.8) is 0 Å². The summed E-state index contributed by atoms with van der Waals surface area (Å²) in [5.74, 6) is 2.78. The second kappa shape index (κ2) is 16.5. The molecule has 33 heavy (non-hydrogen) atoms. The number of hydrogen-bond acceptors (Lipinski definition) is 4. The summed E-state index contributed by atoms with van der Waals surface area (Å²) in [7, 11) is 0. The van der Waals surface area contributed by atoms with E-state index in [-0.39, 0.29) is 5.75 Å². The molecule has 2 fully saturated rings. The van der Waals surface area contributed by atoms with E-state index < -0.39 is 0 Å². The van der Waals surface area contributed by atoms with Gasteiger partial charge in [-0.1, -0.05) is 54.5 Å². The summed E-state index contributed by atoms with van der Waals surface area (Å²) in [5, 5.41) is 9.97. The summed E-state index contributed by atoms with van der Waals surface area (Å²) in [4.78, 5) is 20.5. The van der Waals surface area contributed by atoms with Crippen LogP contribution in [0.15, 0.2) is 48.5 Å². The molecule has 4 rings (SSSR count). The van der Waals surface area contributed by atoms with E-state index >= 15 is 0 Å². The standard InChI is InChI=1S/C14H18O2.C7H13Br.C7H6O2/c15-10-12-6-8-14(9-7-12)16-11-13-4-2-1-3-5-13;8-6-7-4-2-1-3-5-7;8-5-6-1-3-7(9)4-2-6/h6-10,13H,1-5,11H2;7H,1-6H2;1-5,9H. The van der Waals surface area contributed by atoms with Gasteiger partial charge in [0.15, 0.2) is 0 Å². The lowest BCUT2D eigenvalue weighted by atomic mass is 9.90. The van der Waals surface area contributed by atoms with Crippen molar-refractivity contribution in [2.75, 3.05) is 11.9 Å². The molecule has 1 N–H and O–H groups in total. The summed E-state index contributed by atoms with van der Waals surface area (Å²) >= 11 is 3.51. The van der Waals surface area contributed by atoms with Crippen LogP contribution in [0, 0.1) is 11.8 Å². The monoisotopic (exact) mass is 516 g/mol. The van der Waals surface area contributed by atoms with E-state index in [0.717, 1.165) is 36.8 Å². The van der Waals surface area contributed by atoms with E-state index in [1.807, 2.05) is 12.1 Å². The largest absolute Gasteiger partial charge is 0.508 e. The highest BCUT2D eigenvalue weighted by Gasteiger charge is 2.13. The molecule has 0 saturated heterocycles. The normalized spacial score (nSPS) is 16.4. The molecular weight excluding hydrogens is 480 g/mol. The van der Waals surface area contributed by atoms with Gasteiger partial charge in [0.05, 0.1) is 6.61 Å². The number of rotatable bonds is 6. The van der Waals surface area contributed by atoms with E-state index in [9.17, 15) is 9.59 Å². The second-order valence-corrected chi connectivity index (χ2v) is 9.52. The first-order valence-corrected chi connectivity index (χ1v) is 13.2. The van der Waals surface area contributed by atoms with Crippen molar-refractivity contribution in [3.05, 3.63) is 59.7 Å². The molecule has 2 aromatic carbocycles. The Morgan fingerprint density at radius 1 is 0.727 bits per heavy atom. The van der Waals surface area contributed by atoms with Crippen molar-refractivity contribution in [1.29, 1.82) is 0 Å². The second-order valence-electron chi connectivity index (χ2n) is 8.87. The zero-order valence-corrected chi connectivity index (χ0v) is 21.0. The molecule has 0 spiro atoms. The van der Waals surface area contributed by atoms with E-state index in [0.29, 0.717) is 11.1 Å². The average molecular weight is 518 g/mol. The zero-order valence-electron chi connectivity index (χ0n) is 19.5. The van der Waals surface area contributed by atoms with Crippen LogP contribution in [-0.4, -0.2) is 29.6 Å². The maximum absolute atomic E-state index is 10.5. The Kier molecular flexibility index (Phi) is 13.5. The van der Waals surface area contributed by atoms with Crippen LogP contribution in [0.4, 0.5) is 0 Å². The van der Waals surface area contributed by atoms with Crippen LogP contribution < -0.4 is 4.74 Å². The summed E-state index contributed by atoms with van der Waals surface area (Å²) in [5.41, 5.74) is 1.28. The SMILES string of the molecule is BrCC1CCCCC1.O=Cc1ccc(O)cc1.O=Cc1ccc(OCC2CCCCC2)cc1. The van der Waals surface area contributed by atoms with Crippen molar-refractivity contribution in [1.82, 2.24) is 0 Å². The third kappa shape index (κ3) is 11.5. The maximum atomic E-state index is 10.5. The lowest BCUT2D eigenvalue weighted by molar-refractivity contribution is 0.111. The van der Waals surface area contributed by atoms with Gasteiger partial charge in [0.1, 0.15) is 24.1 Å². The Morgan fingerprint density at radius 3 is 1.61 bits per heavy atom. The molecule has 0 bridgehead atoms. The number of phenols is 1. The van der Waals surface area contributed by atoms with Gasteiger partial charge in [-0.05, 0) is 86.1 Å². The molecule has 0 aromatic heterocycles. The molecule has 2 aromatic rings. The smallest absolute Gasteiger partial charge is 0.150 e. The van der Waals surface area contributed by atoms with Crippen molar-refractivity contribution < 1.29 is 19.4 Å². The topological polar surface area (TPSA) is 63.6 Å². The first-order valence-electron chi connectivity index (χ1n) is 12.1. The third-order valence-corrected chi connectivity index (χ3v) is 7.11. The number of hydrogen-bond donors (Lipinski definition) is 1. The summed E-state index contributed by atoms with van der Waals surface area (Å²) < 4.78 is 5.73. The van der Waals surface area contributed by atoms with E-state index in [1.165, 1.54) is 81.7 Å². The maximum Gasteiger partial charge on any atom is 0.150 e. The zero-order chi connectivity index (χ0) is 23.7. The predicted molar refractivity (Wildman–Crippen MR) is 138 cm³/mol. The van der Waals surface area contributed by atoms with Gasteiger partial charge in [-0.2, -0.15) is 0 Å². The van der Waals surface area contributed by atoms with Crippen LogP contribution in [0.5, 0.6) is 11.5 Å². The number of carbonyl (C=O) groups excluding carboxylic acids is 2. The van der Waals surface area contributed by atoms with Gasteiger partial charge < -0.3 is 9.84 Å². The molecule has 0 radical (unpaired) electrons. The summed E-state index contributed by atoms with van der Waals surface area (Å²) in [6, 6.07) is 13.4. The number of benzene rings is 2. The molecular formula is C28H37BrO4. The average Bonchev–Trinajstić information content (AvgIpc) is 2.90. The van der Waals surface area contributed by atoms with Crippen LogP contribution in [-0.2, 0) is 0 Å². The molecule has 180 valence electrons. The van der Waals surface area contributed by atoms with Crippen molar-refractivity contribution >= 4 is 28.5 Å². The van der Waals surface area contributed by atoms with Crippen molar-refractivity contribution in [3.8, 4) is 11.5 Å². The number of phenolic OH excluding ortho intramolecular Hbond substituents is 1. The number of ether oxygens (including phenoxy) is 1. The first kappa shape index (κ1) is 27.1. The highest BCUT2D eigenvalue weighted by Crippen LogP contribution is 2.25. The van der Waals surface area contributed by atoms with Crippen molar-refractivity contribution in [2.24, 2.45) is 11.8 Å². The van der Waals surface area contributed by atoms with Gasteiger partial charge in [0, 0.05) is 16.5 Å². The Labute approximate surface area is 206 Å². The number of aldehydes is 2. The Morgan fingerprint density at radius 2 is 1.18 bits per heavy atom. The molecule has 2 saturated carbocycles. The fourth-order valence-corrected chi connectivity index (χ4v) is 4.75. The fourth-order valence-electron chi connectivity index (χ4n) is 4.10. The molecule has 2 aliphatic carbocycles. The number of aromatic hydroxyl groups is 1. The van der Waals surface area contributed by atoms with Gasteiger partial charge >= 0.3 is 0 Å². The molecule has 2 aliphatic rings. The van der Waals surface area contributed by atoms with Crippen molar-refractivity contribution in [2.45, 2.75) is 64.2 Å². The number of halogens is 1. The molecule has 4 nitrogen and oxygen atoms in total. The summed E-state index contributed by atoms with van der Waals surface area (Å²) in [6.45, 7) is 0.820. The van der Waals surface area contributed by atoms with Crippen LogP contribution in [0.3, 0.4) is 0 Å². The highest BCUT2D eigenvalue weighted by atomic mass is 79.9. The molecule has 0 amide bonds. The van der Waals surface area contributed by atoms with Gasteiger partial charge in [-0.25, -0.2) is 0 Å². The van der Waals surface area contributed by atoms with Gasteiger partial charge in [-0.3, -0.25) is 9.59 Å². The number of alkyl halides is 1.